The Labute approximate surface area is 143 Å². The van der Waals surface area contributed by atoms with E-state index in [1.165, 1.54) is 27.7 Å². The minimum atomic E-state index is -0.699. The summed E-state index contributed by atoms with van der Waals surface area (Å²) >= 11 is 0. The van der Waals surface area contributed by atoms with Crippen molar-refractivity contribution in [2.45, 2.75) is 52.1 Å². The smallest absolute Gasteiger partial charge is 0.691 e. The SMILES string of the molecule is [C-]#CC(C)O.[C-]#CC(C)O.[C-]#CC(C)O.[C-]#CC(C)O.[Pt+4]. The predicted molar refractivity (Wildman–Crippen MR) is 75.2 cm³/mol. The summed E-state index contributed by atoms with van der Waals surface area (Å²) < 4.78 is 0. The first kappa shape index (κ1) is 31.9. The summed E-state index contributed by atoms with van der Waals surface area (Å²) in [7, 11) is 0. The first-order chi connectivity index (χ1) is 9.08. The standard InChI is InChI=1S/4C4H5O.Pt/c4*1-3-4(2)5;/h4*4-5H,2H3;/q4*-1;+4. The molecule has 118 valence electrons. The zero-order valence-electron chi connectivity index (χ0n) is 12.4. The van der Waals surface area contributed by atoms with Crippen molar-refractivity contribution < 1.29 is 41.5 Å². The van der Waals surface area contributed by atoms with Crippen LogP contribution in [0.3, 0.4) is 0 Å². The Morgan fingerprint density at radius 1 is 0.524 bits per heavy atom. The first-order valence-corrected chi connectivity index (χ1v) is 5.50. The van der Waals surface area contributed by atoms with Crippen LogP contribution in [0.1, 0.15) is 27.7 Å². The summed E-state index contributed by atoms with van der Waals surface area (Å²) in [6.07, 6.45) is 21.8. The number of rotatable bonds is 0. The van der Waals surface area contributed by atoms with E-state index < -0.39 is 24.4 Å². The number of aliphatic hydroxyl groups excluding tert-OH is 4. The van der Waals surface area contributed by atoms with Gasteiger partial charge in [0.1, 0.15) is 0 Å². The Bertz CT molecular complexity index is 274. The van der Waals surface area contributed by atoms with E-state index in [9.17, 15) is 0 Å². The summed E-state index contributed by atoms with van der Waals surface area (Å²) in [4.78, 5) is 0. The molecule has 0 amide bonds. The topological polar surface area (TPSA) is 80.9 Å². The molecule has 4 atom stereocenters. The summed E-state index contributed by atoms with van der Waals surface area (Å²) in [5.41, 5.74) is 0. The second-order valence-corrected chi connectivity index (χ2v) is 3.28. The van der Waals surface area contributed by atoms with Crippen LogP contribution < -0.4 is 0 Å². The van der Waals surface area contributed by atoms with Crippen molar-refractivity contribution in [2.75, 3.05) is 0 Å². The molecule has 4 nitrogen and oxygen atoms in total. The second kappa shape index (κ2) is 27.2. The van der Waals surface area contributed by atoms with Crippen molar-refractivity contribution in [3.8, 4) is 23.7 Å². The zero-order chi connectivity index (χ0) is 17.1. The molecule has 0 heterocycles. The van der Waals surface area contributed by atoms with Crippen LogP contribution in [0.15, 0.2) is 0 Å². The van der Waals surface area contributed by atoms with Crippen LogP contribution in [0, 0.1) is 49.4 Å². The van der Waals surface area contributed by atoms with Crippen LogP contribution >= 0.6 is 0 Å². The number of aliphatic hydroxyl groups is 4. The van der Waals surface area contributed by atoms with Gasteiger partial charge in [0.15, 0.2) is 0 Å². The molecular weight excluding hydrogens is 451 g/mol. The van der Waals surface area contributed by atoms with E-state index in [0.717, 1.165) is 0 Å². The third-order valence-electron chi connectivity index (χ3n) is 0.836. The molecule has 0 fully saturated rings. The van der Waals surface area contributed by atoms with E-state index in [-0.39, 0.29) is 21.1 Å². The summed E-state index contributed by atoms with van der Waals surface area (Å²) in [5, 5.41) is 32.2. The van der Waals surface area contributed by atoms with Gasteiger partial charge in [-0.25, -0.2) is 0 Å². The van der Waals surface area contributed by atoms with Crippen molar-refractivity contribution in [1.82, 2.24) is 0 Å². The van der Waals surface area contributed by atoms with Gasteiger partial charge in [-0.3, -0.25) is 0 Å². The number of hydrogen-bond donors (Lipinski definition) is 4. The van der Waals surface area contributed by atoms with Crippen LogP contribution in [-0.2, 0) is 21.1 Å². The molecule has 0 aliphatic carbocycles. The quantitative estimate of drug-likeness (QED) is 0.292. The molecule has 0 bridgehead atoms. The van der Waals surface area contributed by atoms with Crippen molar-refractivity contribution in [3.05, 3.63) is 25.7 Å². The Morgan fingerprint density at radius 3 is 0.571 bits per heavy atom. The van der Waals surface area contributed by atoms with E-state index in [0.29, 0.717) is 0 Å². The molecule has 0 aromatic rings. The molecule has 0 rings (SSSR count). The predicted octanol–water partition coefficient (Wildman–Crippen LogP) is -0.175. The summed E-state index contributed by atoms with van der Waals surface area (Å²) in [6.45, 7) is 5.92. The Morgan fingerprint density at radius 2 is 0.571 bits per heavy atom. The maximum Gasteiger partial charge on any atom is 4.00 e. The van der Waals surface area contributed by atoms with E-state index in [1.807, 2.05) is 23.7 Å². The van der Waals surface area contributed by atoms with Gasteiger partial charge in [0.25, 0.3) is 0 Å². The van der Waals surface area contributed by atoms with Crippen LogP contribution in [0.2, 0.25) is 0 Å². The maximum atomic E-state index is 8.06. The van der Waals surface area contributed by atoms with Gasteiger partial charge in [-0.1, -0.05) is 0 Å². The average Bonchev–Trinajstić information content (AvgIpc) is 2.40. The van der Waals surface area contributed by atoms with Crippen LogP contribution in [0.5, 0.6) is 0 Å². The molecule has 0 aromatic heterocycles. The van der Waals surface area contributed by atoms with Gasteiger partial charge in [-0.15, -0.1) is 0 Å². The van der Waals surface area contributed by atoms with E-state index >= 15 is 0 Å². The fourth-order valence-electron chi connectivity index (χ4n) is 0. The molecule has 0 saturated heterocycles. The van der Waals surface area contributed by atoms with Gasteiger partial charge >= 0.3 is 21.1 Å². The molecule has 0 saturated carbocycles. The molecule has 0 spiro atoms. The second-order valence-electron chi connectivity index (χ2n) is 3.28. The molecule has 4 unspecified atom stereocenters. The molecule has 5 heteroatoms. The van der Waals surface area contributed by atoms with Gasteiger partial charge < -0.3 is 69.8 Å². The molecule has 4 N–H and O–H groups in total. The third-order valence-corrected chi connectivity index (χ3v) is 0.836. The molecule has 0 aliphatic rings. The monoisotopic (exact) mass is 471 g/mol. The molecule has 0 aliphatic heterocycles. The maximum absolute atomic E-state index is 8.06. The van der Waals surface area contributed by atoms with Crippen LogP contribution in [0.4, 0.5) is 0 Å². The first-order valence-electron chi connectivity index (χ1n) is 5.50. The molecular formula is C16H20O4Pt. The van der Waals surface area contributed by atoms with E-state index in [1.54, 1.807) is 0 Å². The molecule has 21 heavy (non-hydrogen) atoms. The minimum Gasteiger partial charge on any atom is -0.691 e. The van der Waals surface area contributed by atoms with E-state index in [4.69, 9.17) is 46.1 Å². The average molecular weight is 471 g/mol. The molecule has 0 aromatic carbocycles. The fraction of sp³-hybridized carbons (Fsp3) is 0.500. The zero-order valence-corrected chi connectivity index (χ0v) is 14.7. The van der Waals surface area contributed by atoms with Gasteiger partial charge in [-0.2, -0.15) is 0 Å². The van der Waals surface area contributed by atoms with Crippen LogP contribution in [-0.4, -0.2) is 44.8 Å². The van der Waals surface area contributed by atoms with Crippen molar-refractivity contribution in [3.63, 3.8) is 0 Å². The minimum absolute atomic E-state index is 0. The van der Waals surface area contributed by atoms with Crippen molar-refractivity contribution in [1.29, 1.82) is 0 Å². The van der Waals surface area contributed by atoms with Gasteiger partial charge in [-0.05, 0) is 27.7 Å². The van der Waals surface area contributed by atoms with Gasteiger partial charge in [0.05, 0.1) is 24.4 Å². The fourth-order valence-corrected chi connectivity index (χ4v) is 0. The Hall–Kier alpha value is -1.23. The normalized spacial score (nSPS) is 12.4. The molecule has 0 radical (unpaired) electrons. The number of hydrogen-bond acceptors (Lipinski definition) is 4. The summed E-state index contributed by atoms with van der Waals surface area (Å²) in [6, 6.07) is 0. The van der Waals surface area contributed by atoms with Gasteiger partial charge in [0, 0.05) is 0 Å². The van der Waals surface area contributed by atoms with Crippen molar-refractivity contribution in [2.24, 2.45) is 0 Å². The van der Waals surface area contributed by atoms with Gasteiger partial charge in [0.2, 0.25) is 0 Å². The van der Waals surface area contributed by atoms with Crippen LogP contribution in [0.25, 0.3) is 0 Å². The largest absolute Gasteiger partial charge is 4.00 e. The Kier molecular flexibility index (Phi) is 41.3. The van der Waals surface area contributed by atoms with E-state index in [2.05, 4.69) is 0 Å². The van der Waals surface area contributed by atoms with Crippen molar-refractivity contribution >= 4 is 0 Å². The summed E-state index contributed by atoms with van der Waals surface area (Å²) in [5.74, 6) is 7.33. The third kappa shape index (κ3) is 115. The Balaban J connectivity index is -0.0000000533.